The van der Waals surface area contributed by atoms with Gasteiger partial charge in [-0.25, -0.2) is 0 Å². The van der Waals surface area contributed by atoms with E-state index in [0.717, 1.165) is 18.1 Å². The fourth-order valence-electron chi connectivity index (χ4n) is 4.35. The molecule has 0 spiro atoms. The van der Waals surface area contributed by atoms with Crippen LogP contribution in [0.2, 0.25) is 0 Å². The predicted molar refractivity (Wildman–Crippen MR) is 80.5 cm³/mol. The number of rotatable bonds is 4. The van der Waals surface area contributed by atoms with Crippen molar-refractivity contribution in [3.05, 3.63) is 0 Å². The molecule has 0 aromatic heterocycles. The molecular weight excluding hydrogens is 234 g/mol. The zero-order valence-electron chi connectivity index (χ0n) is 12.6. The second kappa shape index (κ2) is 6.55. The van der Waals surface area contributed by atoms with Crippen molar-refractivity contribution < 1.29 is 0 Å². The molecule has 0 saturated carbocycles. The number of nitrogens with zero attached hydrogens (tertiary/aromatic N) is 2. The minimum Gasteiger partial charge on any atom is -0.311 e. The maximum absolute atomic E-state index is 3.98. The van der Waals surface area contributed by atoms with Gasteiger partial charge in [0.1, 0.15) is 0 Å². The molecule has 0 bridgehead atoms. The van der Waals surface area contributed by atoms with E-state index in [-0.39, 0.29) is 0 Å². The van der Waals surface area contributed by atoms with Gasteiger partial charge in [0, 0.05) is 18.1 Å². The fourth-order valence-corrected chi connectivity index (χ4v) is 4.35. The highest BCUT2D eigenvalue weighted by Gasteiger charge is 2.32. The standard InChI is InChI=1S/C16H31N3/c1-2-8-18-10-5-14(6-11-18)17-15-7-12-19-9-3-4-16(19)13-15/h14-17H,2-13H2,1H3/t15-,16+/m1/s1. The van der Waals surface area contributed by atoms with Crippen LogP contribution in [-0.4, -0.2) is 60.6 Å². The van der Waals surface area contributed by atoms with Gasteiger partial charge in [-0.15, -0.1) is 0 Å². The van der Waals surface area contributed by atoms with E-state index in [9.17, 15) is 0 Å². The molecule has 3 heteroatoms. The van der Waals surface area contributed by atoms with Gasteiger partial charge < -0.3 is 15.1 Å². The van der Waals surface area contributed by atoms with Crippen LogP contribution >= 0.6 is 0 Å². The minimum absolute atomic E-state index is 0.797. The van der Waals surface area contributed by atoms with Crippen molar-refractivity contribution in [3.8, 4) is 0 Å². The highest BCUT2D eigenvalue weighted by atomic mass is 15.2. The molecule has 0 unspecified atom stereocenters. The van der Waals surface area contributed by atoms with Crippen molar-refractivity contribution in [2.24, 2.45) is 0 Å². The number of hydrogen-bond donors (Lipinski definition) is 1. The van der Waals surface area contributed by atoms with Crippen molar-refractivity contribution >= 4 is 0 Å². The summed E-state index contributed by atoms with van der Waals surface area (Å²) in [6, 6.07) is 2.51. The zero-order chi connectivity index (χ0) is 13.1. The van der Waals surface area contributed by atoms with Gasteiger partial charge in [0.05, 0.1) is 0 Å². The highest BCUT2D eigenvalue weighted by Crippen LogP contribution is 2.27. The normalized spacial score (nSPS) is 34.6. The third kappa shape index (κ3) is 3.50. The summed E-state index contributed by atoms with van der Waals surface area (Å²) in [6.07, 6.45) is 9.72. The summed E-state index contributed by atoms with van der Waals surface area (Å²) in [5.74, 6) is 0. The Morgan fingerprint density at radius 1 is 0.947 bits per heavy atom. The van der Waals surface area contributed by atoms with Crippen molar-refractivity contribution in [2.75, 3.05) is 32.7 Å². The van der Waals surface area contributed by atoms with E-state index in [1.807, 2.05) is 0 Å². The van der Waals surface area contributed by atoms with Crippen molar-refractivity contribution in [3.63, 3.8) is 0 Å². The molecule has 0 aliphatic carbocycles. The first-order chi connectivity index (χ1) is 9.35. The first kappa shape index (κ1) is 13.8. The molecule has 3 nitrogen and oxygen atoms in total. The Morgan fingerprint density at radius 2 is 1.74 bits per heavy atom. The number of fused-ring (bicyclic) bond motifs is 1. The molecule has 110 valence electrons. The molecule has 3 heterocycles. The van der Waals surface area contributed by atoms with Crippen LogP contribution in [0.4, 0.5) is 0 Å². The van der Waals surface area contributed by atoms with Gasteiger partial charge in [-0.1, -0.05) is 6.92 Å². The molecule has 0 radical (unpaired) electrons. The summed E-state index contributed by atoms with van der Waals surface area (Å²) in [5, 5.41) is 3.98. The summed E-state index contributed by atoms with van der Waals surface area (Å²) < 4.78 is 0. The third-order valence-corrected chi connectivity index (χ3v) is 5.42. The quantitative estimate of drug-likeness (QED) is 0.839. The van der Waals surface area contributed by atoms with Crippen LogP contribution in [0.5, 0.6) is 0 Å². The fraction of sp³-hybridized carbons (Fsp3) is 1.00. The van der Waals surface area contributed by atoms with Crippen LogP contribution in [0.3, 0.4) is 0 Å². The van der Waals surface area contributed by atoms with Crippen molar-refractivity contribution in [1.29, 1.82) is 0 Å². The minimum atomic E-state index is 0.797. The lowest BCUT2D eigenvalue weighted by molar-refractivity contribution is 0.141. The third-order valence-electron chi connectivity index (χ3n) is 5.42. The molecule has 0 aromatic rings. The maximum atomic E-state index is 3.98. The highest BCUT2D eigenvalue weighted by molar-refractivity contribution is 4.91. The molecule has 19 heavy (non-hydrogen) atoms. The lowest BCUT2D eigenvalue weighted by atomic mass is 9.95. The van der Waals surface area contributed by atoms with Gasteiger partial charge in [-0.2, -0.15) is 0 Å². The van der Waals surface area contributed by atoms with Crippen LogP contribution in [0.1, 0.15) is 51.9 Å². The van der Waals surface area contributed by atoms with E-state index in [2.05, 4.69) is 22.0 Å². The Kier molecular flexibility index (Phi) is 4.78. The van der Waals surface area contributed by atoms with Gasteiger partial charge in [-0.3, -0.25) is 0 Å². The monoisotopic (exact) mass is 265 g/mol. The summed E-state index contributed by atoms with van der Waals surface area (Å²) in [4.78, 5) is 5.36. The van der Waals surface area contributed by atoms with E-state index in [1.165, 1.54) is 77.7 Å². The lowest BCUT2D eigenvalue weighted by Crippen LogP contribution is -2.51. The smallest absolute Gasteiger partial charge is 0.0111 e. The SMILES string of the molecule is CCCN1CCC(N[C@@H]2CCN3CCC[C@H]3C2)CC1. The maximum Gasteiger partial charge on any atom is 0.0111 e. The van der Waals surface area contributed by atoms with Crippen molar-refractivity contribution in [1.82, 2.24) is 15.1 Å². The largest absolute Gasteiger partial charge is 0.311 e. The van der Waals surface area contributed by atoms with Crippen molar-refractivity contribution in [2.45, 2.75) is 70.0 Å². The average molecular weight is 265 g/mol. The van der Waals surface area contributed by atoms with E-state index in [0.29, 0.717) is 0 Å². The summed E-state index contributed by atoms with van der Waals surface area (Å²) in [5.41, 5.74) is 0. The van der Waals surface area contributed by atoms with Crippen LogP contribution in [0.25, 0.3) is 0 Å². The van der Waals surface area contributed by atoms with Crippen LogP contribution < -0.4 is 5.32 Å². The van der Waals surface area contributed by atoms with Gasteiger partial charge in [0.2, 0.25) is 0 Å². The van der Waals surface area contributed by atoms with Gasteiger partial charge in [0.25, 0.3) is 0 Å². The van der Waals surface area contributed by atoms with Gasteiger partial charge >= 0.3 is 0 Å². The summed E-state index contributed by atoms with van der Waals surface area (Å²) >= 11 is 0. The molecule has 3 saturated heterocycles. The molecule has 0 amide bonds. The van der Waals surface area contributed by atoms with E-state index < -0.39 is 0 Å². The number of hydrogen-bond acceptors (Lipinski definition) is 3. The Bertz CT molecular complexity index is 273. The molecule has 3 rings (SSSR count). The number of piperidine rings is 2. The molecule has 1 N–H and O–H groups in total. The Balaban J connectivity index is 1.40. The van der Waals surface area contributed by atoms with E-state index in [4.69, 9.17) is 0 Å². The molecule has 0 aromatic carbocycles. The number of nitrogens with one attached hydrogen (secondary N) is 1. The second-order valence-electron chi connectivity index (χ2n) is 6.84. The van der Waals surface area contributed by atoms with Gasteiger partial charge in [0.15, 0.2) is 0 Å². The van der Waals surface area contributed by atoms with Crippen LogP contribution in [0, 0.1) is 0 Å². The zero-order valence-corrected chi connectivity index (χ0v) is 12.6. The first-order valence-corrected chi connectivity index (χ1v) is 8.57. The average Bonchev–Trinajstić information content (AvgIpc) is 2.89. The van der Waals surface area contributed by atoms with Crippen LogP contribution in [-0.2, 0) is 0 Å². The van der Waals surface area contributed by atoms with Crippen LogP contribution in [0.15, 0.2) is 0 Å². The molecular formula is C16H31N3. The second-order valence-corrected chi connectivity index (χ2v) is 6.84. The Hall–Kier alpha value is -0.120. The topological polar surface area (TPSA) is 18.5 Å². The van der Waals surface area contributed by atoms with E-state index >= 15 is 0 Å². The Morgan fingerprint density at radius 3 is 2.53 bits per heavy atom. The molecule has 3 fully saturated rings. The van der Waals surface area contributed by atoms with Gasteiger partial charge in [-0.05, 0) is 77.7 Å². The summed E-state index contributed by atoms with van der Waals surface area (Å²) in [6.45, 7) is 8.93. The lowest BCUT2D eigenvalue weighted by Gasteiger charge is -2.39. The summed E-state index contributed by atoms with van der Waals surface area (Å²) in [7, 11) is 0. The molecule has 3 aliphatic rings. The molecule has 3 aliphatic heterocycles. The van der Waals surface area contributed by atoms with E-state index in [1.54, 1.807) is 0 Å². The Labute approximate surface area is 118 Å². The predicted octanol–water partition coefficient (Wildman–Crippen LogP) is 2.08. The first-order valence-electron chi connectivity index (χ1n) is 8.57. The number of likely N-dealkylation sites (tertiary alicyclic amines) is 1. The molecule has 2 atom stereocenters.